The van der Waals surface area contributed by atoms with Crippen molar-refractivity contribution in [3.63, 3.8) is 0 Å². The molecule has 0 bridgehead atoms. The number of alkyl carbamates (subject to hydrolysis) is 1. The second kappa shape index (κ2) is 9.72. The largest absolute Gasteiger partial charge is 0.481 e. The summed E-state index contributed by atoms with van der Waals surface area (Å²) in [6.45, 7) is 5.52. The van der Waals surface area contributed by atoms with Crippen LogP contribution in [0.25, 0.3) is 11.1 Å². The Balaban J connectivity index is 1.37. The van der Waals surface area contributed by atoms with Crippen molar-refractivity contribution in [3.05, 3.63) is 59.7 Å². The maximum Gasteiger partial charge on any atom is 0.407 e. The minimum atomic E-state index is -1.02. The van der Waals surface area contributed by atoms with Gasteiger partial charge in [0.25, 0.3) is 0 Å². The number of nitrogens with one attached hydrogen (secondary N) is 2. The Morgan fingerprint density at radius 2 is 1.57 bits per heavy atom. The van der Waals surface area contributed by atoms with Crippen molar-refractivity contribution in [2.75, 3.05) is 13.2 Å². The highest BCUT2D eigenvalue weighted by Crippen LogP contribution is 2.45. The van der Waals surface area contributed by atoms with E-state index >= 15 is 0 Å². The van der Waals surface area contributed by atoms with E-state index in [9.17, 15) is 19.5 Å². The lowest BCUT2D eigenvalue weighted by atomic mass is 9.87. The molecule has 1 fully saturated rings. The summed E-state index contributed by atoms with van der Waals surface area (Å²) in [6.07, 6.45) is 1.78. The SMILES string of the molecule is CCC(C)(CNC(=O)CC(C)(NC(=O)OCC1c2ccccc2-c2ccccc21)C1CC1)C(=O)O. The maximum absolute atomic E-state index is 12.9. The van der Waals surface area contributed by atoms with E-state index in [1.54, 1.807) is 13.8 Å². The Hall–Kier alpha value is -3.35. The lowest BCUT2D eigenvalue weighted by molar-refractivity contribution is -0.148. The quantitative estimate of drug-likeness (QED) is 0.459. The van der Waals surface area contributed by atoms with Gasteiger partial charge in [0.05, 0.1) is 11.0 Å². The third-order valence-electron chi connectivity index (χ3n) is 7.71. The molecule has 0 heterocycles. The van der Waals surface area contributed by atoms with Crippen LogP contribution in [0.4, 0.5) is 4.79 Å². The van der Waals surface area contributed by atoms with E-state index in [1.807, 2.05) is 31.2 Å². The molecule has 2 amide bonds. The van der Waals surface area contributed by atoms with E-state index in [4.69, 9.17) is 4.74 Å². The van der Waals surface area contributed by atoms with Crippen molar-refractivity contribution in [2.45, 2.75) is 57.9 Å². The van der Waals surface area contributed by atoms with Gasteiger partial charge < -0.3 is 20.5 Å². The molecule has 0 saturated heterocycles. The zero-order valence-electron chi connectivity index (χ0n) is 20.6. The van der Waals surface area contributed by atoms with Crippen LogP contribution in [-0.4, -0.2) is 41.8 Å². The third-order valence-corrected chi connectivity index (χ3v) is 7.71. The Bertz CT molecular complexity index is 1080. The topological polar surface area (TPSA) is 105 Å². The molecule has 186 valence electrons. The van der Waals surface area contributed by atoms with Crippen LogP contribution in [0.1, 0.15) is 63.5 Å². The molecule has 2 aliphatic carbocycles. The van der Waals surface area contributed by atoms with Crippen LogP contribution in [0.2, 0.25) is 0 Å². The van der Waals surface area contributed by atoms with Gasteiger partial charge in [0, 0.05) is 18.9 Å². The molecule has 2 aromatic rings. The summed E-state index contributed by atoms with van der Waals surface area (Å²) < 4.78 is 5.70. The van der Waals surface area contributed by atoms with Gasteiger partial charge in [-0.05, 0) is 61.3 Å². The number of hydrogen-bond donors (Lipinski definition) is 3. The first kappa shape index (κ1) is 24.8. The molecule has 4 rings (SSSR count). The normalized spacial score (nSPS) is 17.9. The van der Waals surface area contributed by atoms with Crippen LogP contribution in [-0.2, 0) is 14.3 Å². The van der Waals surface area contributed by atoms with E-state index in [-0.39, 0.29) is 37.3 Å². The average Bonchev–Trinajstić information content (AvgIpc) is 3.65. The molecule has 3 N–H and O–H groups in total. The number of amides is 2. The van der Waals surface area contributed by atoms with Gasteiger partial charge in [-0.15, -0.1) is 0 Å². The van der Waals surface area contributed by atoms with E-state index in [2.05, 4.69) is 34.9 Å². The summed E-state index contributed by atoms with van der Waals surface area (Å²) in [5.41, 5.74) is 2.84. The molecule has 7 heteroatoms. The molecule has 2 aliphatic rings. The molecule has 0 aliphatic heterocycles. The van der Waals surface area contributed by atoms with Crippen LogP contribution < -0.4 is 10.6 Å². The summed E-state index contributed by atoms with van der Waals surface area (Å²) in [5, 5.41) is 15.1. The molecule has 2 unspecified atom stereocenters. The number of ether oxygens (including phenoxy) is 1. The van der Waals surface area contributed by atoms with Crippen LogP contribution >= 0.6 is 0 Å². The minimum absolute atomic E-state index is 0.0358. The Kier molecular flexibility index (Phi) is 6.88. The van der Waals surface area contributed by atoms with Crippen LogP contribution in [0.3, 0.4) is 0 Å². The monoisotopic (exact) mass is 478 g/mol. The van der Waals surface area contributed by atoms with Gasteiger partial charge in [0.2, 0.25) is 5.91 Å². The molecule has 2 atom stereocenters. The predicted octanol–water partition coefficient (Wildman–Crippen LogP) is 4.70. The maximum atomic E-state index is 12.9. The fourth-order valence-corrected chi connectivity index (χ4v) is 4.92. The Morgan fingerprint density at radius 1 is 1.00 bits per heavy atom. The zero-order valence-corrected chi connectivity index (χ0v) is 20.6. The minimum Gasteiger partial charge on any atom is -0.481 e. The van der Waals surface area contributed by atoms with Crippen molar-refractivity contribution in [1.29, 1.82) is 0 Å². The molecule has 0 aromatic heterocycles. The van der Waals surface area contributed by atoms with Crippen molar-refractivity contribution in [2.24, 2.45) is 11.3 Å². The number of carboxylic acids is 1. The third kappa shape index (κ3) is 5.19. The summed E-state index contributed by atoms with van der Waals surface area (Å²) in [7, 11) is 0. The first-order valence-electron chi connectivity index (χ1n) is 12.3. The number of rotatable bonds is 10. The molecule has 1 saturated carbocycles. The summed E-state index contributed by atoms with van der Waals surface area (Å²) >= 11 is 0. The Morgan fingerprint density at radius 3 is 2.09 bits per heavy atom. The first-order valence-corrected chi connectivity index (χ1v) is 12.3. The van der Waals surface area contributed by atoms with Crippen LogP contribution in [0, 0.1) is 11.3 Å². The molecule has 0 spiro atoms. The number of hydrogen-bond acceptors (Lipinski definition) is 4. The first-order chi connectivity index (χ1) is 16.7. The van der Waals surface area contributed by atoms with E-state index in [0.717, 1.165) is 35.1 Å². The number of carbonyl (C=O) groups excluding carboxylic acids is 2. The molecular formula is C28H34N2O5. The fourth-order valence-electron chi connectivity index (χ4n) is 4.92. The summed E-state index contributed by atoms with van der Waals surface area (Å²) in [5.74, 6) is -1.07. The zero-order chi connectivity index (χ0) is 25.2. The van der Waals surface area contributed by atoms with E-state index in [1.165, 1.54) is 0 Å². The number of fused-ring (bicyclic) bond motifs is 3. The number of benzene rings is 2. The van der Waals surface area contributed by atoms with Gasteiger partial charge in [0.1, 0.15) is 6.61 Å². The van der Waals surface area contributed by atoms with Gasteiger partial charge in [0.15, 0.2) is 0 Å². The van der Waals surface area contributed by atoms with Crippen molar-refractivity contribution < 1.29 is 24.2 Å². The second-order valence-corrected chi connectivity index (χ2v) is 10.3. The molecule has 35 heavy (non-hydrogen) atoms. The standard InChI is InChI=1S/C28H34N2O5/c1-4-27(2,25(32)33)17-29-24(31)15-28(3,18-13-14-18)30-26(34)35-16-23-21-11-7-5-9-19(21)20-10-6-8-12-22(20)23/h5-12,18,23H,4,13-17H2,1-3H3,(H,29,31)(H,30,34)(H,32,33). The van der Waals surface area contributed by atoms with Gasteiger partial charge in [-0.2, -0.15) is 0 Å². The molecule has 2 aromatic carbocycles. The lowest BCUT2D eigenvalue weighted by Crippen LogP contribution is -2.52. The van der Waals surface area contributed by atoms with Crippen molar-refractivity contribution in [3.8, 4) is 11.1 Å². The van der Waals surface area contributed by atoms with Gasteiger partial charge in [-0.1, -0.05) is 55.5 Å². The molecule has 0 radical (unpaired) electrons. The Labute approximate surface area is 206 Å². The van der Waals surface area contributed by atoms with Gasteiger partial charge in [-0.3, -0.25) is 9.59 Å². The number of carbonyl (C=O) groups is 3. The smallest absolute Gasteiger partial charge is 0.407 e. The van der Waals surface area contributed by atoms with E-state index < -0.39 is 23.0 Å². The van der Waals surface area contributed by atoms with Crippen molar-refractivity contribution in [1.82, 2.24) is 10.6 Å². The molecule has 7 nitrogen and oxygen atoms in total. The van der Waals surface area contributed by atoms with Gasteiger partial charge in [-0.25, -0.2) is 4.79 Å². The summed E-state index contributed by atoms with van der Waals surface area (Å²) in [6, 6.07) is 16.3. The molecular weight excluding hydrogens is 444 g/mol. The van der Waals surface area contributed by atoms with Gasteiger partial charge >= 0.3 is 12.1 Å². The highest BCUT2D eigenvalue weighted by atomic mass is 16.5. The van der Waals surface area contributed by atoms with Crippen LogP contribution in [0.5, 0.6) is 0 Å². The summed E-state index contributed by atoms with van der Waals surface area (Å²) in [4.78, 5) is 37.1. The average molecular weight is 479 g/mol. The van der Waals surface area contributed by atoms with E-state index in [0.29, 0.717) is 6.42 Å². The van der Waals surface area contributed by atoms with Crippen molar-refractivity contribution >= 4 is 18.0 Å². The second-order valence-electron chi connectivity index (χ2n) is 10.3. The highest BCUT2D eigenvalue weighted by Gasteiger charge is 2.45. The predicted molar refractivity (Wildman–Crippen MR) is 133 cm³/mol. The number of aliphatic carboxylic acids is 1. The van der Waals surface area contributed by atoms with Crippen LogP contribution in [0.15, 0.2) is 48.5 Å². The fraction of sp³-hybridized carbons (Fsp3) is 0.464. The highest BCUT2D eigenvalue weighted by molar-refractivity contribution is 5.81. The number of carboxylic acid groups (broad SMARTS) is 1. The lowest BCUT2D eigenvalue weighted by Gasteiger charge is -2.31.